The van der Waals surface area contributed by atoms with Crippen LogP contribution in [-0.4, -0.2) is 27.6 Å². The van der Waals surface area contributed by atoms with Gasteiger partial charge in [-0.2, -0.15) is 0 Å². The molecular formula is C16H18N4O2S. The molecule has 0 aliphatic carbocycles. The van der Waals surface area contributed by atoms with Crippen LogP contribution in [0.5, 0.6) is 5.75 Å². The molecule has 7 heteroatoms. The minimum Gasteiger partial charge on any atom is -0.495 e. The minimum atomic E-state index is -0.169. The number of amides is 1. The van der Waals surface area contributed by atoms with Crippen LogP contribution < -0.4 is 10.1 Å². The number of hydrogen-bond donors (Lipinski definition) is 1. The summed E-state index contributed by atoms with van der Waals surface area (Å²) < 4.78 is 7.22. The molecule has 0 saturated heterocycles. The van der Waals surface area contributed by atoms with Crippen LogP contribution in [0.15, 0.2) is 24.3 Å². The Labute approximate surface area is 138 Å². The molecule has 3 aromatic rings. The Morgan fingerprint density at radius 2 is 2.04 bits per heavy atom. The second kappa shape index (κ2) is 6.00. The van der Waals surface area contributed by atoms with E-state index in [-0.39, 0.29) is 11.8 Å². The minimum absolute atomic E-state index is 0.169. The number of benzene rings is 1. The van der Waals surface area contributed by atoms with Gasteiger partial charge in [-0.05, 0) is 19.1 Å². The van der Waals surface area contributed by atoms with Gasteiger partial charge in [0.2, 0.25) is 4.96 Å². The first-order valence-electron chi connectivity index (χ1n) is 7.31. The standard InChI is InChI=1S/C16H18N4O2S/c1-9(2)14-18-19-16-20(14)10(3)13(23-16)15(21)17-11-7-5-6-8-12(11)22-4/h5-9H,1-4H3,(H,17,21). The number of ether oxygens (including phenoxy) is 1. The quantitative estimate of drug-likeness (QED) is 0.795. The molecule has 0 fully saturated rings. The number of para-hydroxylation sites is 2. The molecule has 0 aliphatic rings. The fourth-order valence-corrected chi connectivity index (χ4v) is 3.41. The number of fused-ring (bicyclic) bond motifs is 1. The largest absolute Gasteiger partial charge is 0.495 e. The maximum absolute atomic E-state index is 12.6. The first kappa shape index (κ1) is 15.5. The molecule has 1 aromatic carbocycles. The van der Waals surface area contributed by atoms with Gasteiger partial charge in [-0.3, -0.25) is 9.20 Å². The van der Waals surface area contributed by atoms with Gasteiger partial charge in [0.05, 0.1) is 12.8 Å². The normalized spacial score (nSPS) is 11.2. The van der Waals surface area contributed by atoms with Gasteiger partial charge in [-0.25, -0.2) is 0 Å². The zero-order valence-corrected chi connectivity index (χ0v) is 14.3. The summed E-state index contributed by atoms with van der Waals surface area (Å²) in [5.74, 6) is 1.56. The predicted molar refractivity (Wildman–Crippen MR) is 90.6 cm³/mol. The molecule has 0 bridgehead atoms. The van der Waals surface area contributed by atoms with Crippen molar-refractivity contribution in [1.29, 1.82) is 0 Å². The summed E-state index contributed by atoms with van der Waals surface area (Å²) >= 11 is 1.34. The van der Waals surface area contributed by atoms with E-state index in [2.05, 4.69) is 29.4 Å². The van der Waals surface area contributed by atoms with Crippen molar-refractivity contribution in [2.45, 2.75) is 26.7 Å². The number of aromatic nitrogens is 3. The van der Waals surface area contributed by atoms with E-state index in [0.717, 1.165) is 16.5 Å². The number of anilines is 1. The second-order valence-electron chi connectivity index (χ2n) is 5.50. The van der Waals surface area contributed by atoms with Gasteiger partial charge in [0.1, 0.15) is 16.5 Å². The highest BCUT2D eigenvalue weighted by molar-refractivity contribution is 7.19. The number of nitrogens with zero attached hydrogens (tertiary/aromatic N) is 3. The van der Waals surface area contributed by atoms with E-state index < -0.39 is 0 Å². The van der Waals surface area contributed by atoms with Crippen molar-refractivity contribution in [2.75, 3.05) is 12.4 Å². The van der Waals surface area contributed by atoms with E-state index in [0.29, 0.717) is 16.3 Å². The van der Waals surface area contributed by atoms with Gasteiger partial charge >= 0.3 is 0 Å². The third kappa shape index (κ3) is 2.68. The maximum atomic E-state index is 12.6. The maximum Gasteiger partial charge on any atom is 0.267 e. The molecular weight excluding hydrogens is 312 g/mol. The van der Waals surface area contributed by atoms with Crippen LogP contribution in [0.4, 0.5) is 5.69 Å². The Bertz CT molecular complexity index is 866. The molecule has 6 nitrogen and oxygen atoms in total. The van der Waals surface area contributed by atoms with Gasteiger partial charge in [0.25, 0.3) is 5.91 Å². The smallest absolute Gasteiger partial charge is 0.267 e. The number of methoxy groups -OCH3 is 1. The number of thiazole rings is 1. The van der Waals surface area contributed by atoms with Crippen LogP contribution in [0.3, 0.4) is 0 Å². The Morgan fingerprint density at radius 3 is 2.74 bits per heavy atom. The molecule has 1 amide bonds. The Balaban J connectivity index is 1.97. The van der Waals surface area contributed by atoms with Crippen molar-refractivity contribution < 1.29 is 9.53 Å². The van der Waals surface area contributed by atoms with Crippen LogP contribution in [0.2, 0.25) is 0 Å². The van der Waals surface area contributed by atoms with E-state index in [9.17, 15) is 4.79 Å². The summed E-state index contributed by atoms with van der Waals surface area (Å²) in [6.07, 6.45) is 0. The van der Waals surface area contributed by atoms with Crippen molar-refractivity contribution in [3.8, 4) is 5.75 Å². The van der Waals surface area contributed by atoms with Crippen LogP contribution in [0.25, 0.3) is 4.96 Å². The van der Waals surface area contributed by atoms with E-state index in [4.69, 9.17) is 4.74 Å². The van der Waals surface area contributed by atoms with Crippen molar-refractivity contribution >= 4 is 27.9 Å². The molecule has 0 spiro atoms. The summed E-state index contributed by atoms with van der Waals surface area (Å²) in [6, 6.07) is 7.34. The number of aryl methyl sites for hydroxylation is 1. The SMILES string of the molecule is COc1ccccc1NC(=O)c1sc2nnc(C(C)C)n2c1C. The van der Waals surface area contributed by atoms with Crippen molar-refractivity contribution in [3.05, 3.63) is 40.7 Å². The van der Waals surface area contributed by atoms with Gasteiger partial charge in [-0.15, -0.1) is 10.2 Å². The lowest BCUT2D eigenvalue weighted by atomic mass is 10.2. The second-order valence-corrected chi connectivity index (χ2v) is 6.48. The van der Waals surface area contributed by atoms with Crippen LogP contribution in [0.1, 0.15) is 41.0 Å². The van der Waals surface area contributed by atoms with Gasteiger partial charge in [0.15, 0.2) is 0 Å². The monoisotopic (exact) mass is 330 g/mol. The van der Waals surface area contributed by atoms with Crippen LogP contribution >= 0.6 is 11.3 Å². The lowest BCUT2D eigenvalue weighted by molar-refractivity contribution is 0.102. The van der Waals surface area contributed by atoms with Gasteiger partial charge < -0.3 is 10.1 Å². The van der Waals surface area contributed by atoms with Crippen LogP contribution in [-0.2, 0) is 0 Å². The fraction of sp³-hybridized carbons (Fsp3) is 0.312. The summed E-state index contributed by atoms with van der Waals surface area (Å²) in [5.41, 5.74) is 1.50. The molecule has 23 heavy (non-hydrogen) atoms. The Kier molecular flexibility index (Phi) is 4.04. The average molecular weight is 330 g/mol. The number of carbonyl (C=O) groups is 1. The van der Waals surface area contributed by atoms with Crippen molar-refractivity contribution in [1.82, 2.24) is 14.6 Å². The third-order valence-electron chi connectivity index (χ3n) is 3.59. The molecule has 0 saturated carbocycles. The third-order valence-corrected chi connectivity index (χ3v) is 4.73. The lowest BCUT2D eigenvalue weighted by Crippen LogP contribution is -2.13. The molecule has 120 valence electrons. The molecule has 0 unspecified atom stereocenters. The zero-order chi connectivity index (χ0) is 16.6. The van der Waals surface area contributed by atoms with Crippen LogP contribution in [0, 0.1) is 6.92 Å². The van der Waals surface area contributed by atoms with Gasteiger partial charge in [-0.1, -0.05) is 37.3 Å². The Hall–Kier alpha value is -2.41. The van der Waals surface area contributed by atoms with Crippen molar-refractivity contribution in [2.24, 2.45) is 0 Å². The summed E-state index contributed by atoms with van der Waals surface area (Å²) in [7, 11) is 1.58. The topological polar surface area (TPSA) is 68.5 Å². The van der Waals surface area contributed by atoms with E-state index in [1.165, 1.54) is 11.3 Å². The highest BCUT2D eigenvalue weighted by atomic mass is 32.1. The van der Waals surface area contributed by atoms with E-state index >= 15 is 0 Å². The molecule has 1 N–H and O–H groups in total. The first-order valence-corrected chi connectivity index (χ1v) is 8.13. The number of nitrogens with one attached hydrogen (secondary N) is 1. The predicted octanol–water partition coefficient (Wildman–Crippen LogP) is 3.48. The highest BCUT2D eigenvalue weighted by Gasteiger charge is 2.21. The first-order chi connectivity index (χ1) is 11.0. The Morgan fingerprint density at radius 1 is 1.30 bits per heavy atom. The number of hydrogen-bond acceptors (Lipinski definition) is 5. The molecule has 0 atom stereocenters. The van der Waals surface area contributed by atoms with E-state index in [1.54, 1.807) is 7.11 Å². The molecule has 0 radical (unpaired) electrons. The fourth-order valence-electron chi connectivity index (χ4n) is 2.44. The average Bonchev–Trinajstić information content (AvgIpc) is 3.08. The number of carbonyl (C=O) groups excluding carboxylic acids is 1. The van der Waals surface area contributed by atoms with E-state index in [1.807, 2.05) is 35.6 Å². The molecule has 2 aromatic heterocycles. The number of rotatable bonds is 4. The zero-order valence-electron chi connectivity index (χ0n) is 13.5. The molecule has 3 rings (SSSR count). The van der Waals surface area contributed by atoms with Gasteiger partial charge in [0, 0.05) is 11.6 Å². The lowest BCUT2D eigenvalue weighted by Gasteiger charge is -2.09. The molecule has 0 aliphatic heterocycles. The molecule has 2 heterocycles. The highest BCUT2D eigenvalue weighted by Crippen LogP contribution is 2.28. The van der Waals surface area contributed by atoms with Crippen molar-refractivity contribution in [3.63, 3.8) is 0 Å². The summed E-state index contributed by atoms with van der Waals surface area (Å²) in [4.78, 5) is 14.0. The summed E-state index contributed by atoms with van der Waals surface area (Å²) in [6.45, 7) is 6.03. The summed E-state index contributed by atoms with van der Waals surface area (Å²) in [5, 5.41) is 11.3.